The molecule has 0 aliphatic carbocycles. The average Bonchev–Trinajstić information content (AvgIpc) is 2.38. The van der Waals surface area contributed by atoms with Crippen molar-refractivity contribution in [2.45, 2.75) is 16.8 Å². The third kappa shape index (κ3) is 3.45. The molecule has 0 heterocycles. The highest BCUT2D eigenvalue weighted by Gasteiger charge is 2.29. The molecule has 106 valence electrons. The van der Waals surface area contributed by atoms with Crippen LogP contribution in [0.3, 0.4) is 0 Å². The van der Waals surface area contributed by atoms with Gasteiger partial charge in [-0.2, -0.15) is 13.2 Å². The SMILES string of the molecule is O=S(Cc1ccc(C(F)(F)F)cc1)c1ccccc1F. The predicted molar refractivity (Wildman–Crippen MR) is 68.0 cm³/mol. The second-order valence-electron chi connectivity index (χ2n) is 4.11. The first kappa shape index (κ1) is 14.7. The van der Waals surface area contributed by atoms with E-state index in [1.807, 2.05) is 0 Å². The van der Waals surface area contributed by atoms with E-state index in [-0.39, 0.29) is 10.6 Å². The molecular formula is C14H10F4OS. The van der Waals surface area contributed by atoms with Gasteiger partial charge in [-0.15, -0.1) is 0 Å². The quantitative estimate of drug-likeness (QED) is 0.778. The molecule has 1 unspecified atom stereocenters. The summed E-state index contributed by atoms with van der Waals surface area (Å²) in [7, 11) is -1.63. The standard InChI is InChI=1S/C14H10F4OS/c15-12-3-1-2-4-13(12)20(19)9-10-5-7-11(8-6-10)14(16,17)18/h1-8H,9H2. The van der Waals surface area contributed by atoms with Crippen LogP contribution >= 0.6 is 0 Å². The molecule has 1 nitrogen and oxygen atoms in total. The Balaban J connectivity index is 2.15. The fraction of sp³-hybridized carbons (Fsp3) is 0.143. The van der Waals surface area contributed by atoms with Gasteiger partial charge in [0.2, 0.25) is 0 Å². The molecule has 0 saturated heterocycles. The zero-order chi connectivity index (χ0) is 14.8. The Morgan fingerprint density at radius 3 is 2.10 bits per heavy atom. The number of alkyl halides is 3. The summed E-state index contributed by atoms with van der Waals surface area (Å²) in [5.74, 6) is -0.614. The van der Waals surface area contributed by atoms with Gasteiger partial charge in [-0.1, -0.05) is 24.3 Å². The maximum Gasteiger partial charge on any atom is 0.416 e. The average molecular weight is 302 g/mol. The van der Waals surface area contributed by atoms with Gasteiger partial charge in [-0.25, -0.2) is 4.39 Å². The van der Waals surface area contributed by atoms with Gasteiger partial charge in [0.05, 0.1) is 27.0 Å². The fourth-order valence-corrected chi connectivity index (χ4v) is 2.82. The van der Waals surface area contributed by atoms with E-state index in [0.29, 0.717) is 5.56 Å². The van der Waals surface area contributed by atoms with E-state index in [9.17, 15) is 21.8 Å². The van der Waals surface area contributed by atoms with Gasteiger partial charge in [0.15, 0.2) is 0 Å². The second kappa shape index (κ2) is 5.75. The number of halogens is 4. The molecule has 0 N–H and O–H groups in total. The van der Waals surface area contributed by atoms with Crippen LogP contribution in [0.25, 0.3) is 0 Å². The van der Waals surface area contributed by atoms with Gasteiger partial charge >= 0.3 is 6.18 Å². The first-order valence-corrected chi connectivity index (χ1v) is 6.99. The summed E-state index contributed by atoms with van der Waals surface area (Å²) < 4.78 is 62.6. The third-order valence-corrected chi connectivity index (χ3v) is 4.08. The molecule has 0 spiro atoms. The molecule has 0 bridgehead atoms. The lowest BCUT2D eigenvalue weighted by atomic mass is 10.1. The topological polar surface area (TPSA) is 17.1 Å². The largest absolute Gasteiger partial charge is 0.416 e. The fourth-order valence-electron chi connectivity index (χ4n) is 1.65. The molecule has 6 heteroatoms. The lowest BCUT2D eigenvalue weighted by Gasteiger charge is -2.08. The van der Waals surface area contributed by atoms with Gasteiger partial charge in [0.25, 0.3) is 0 Å². The van der Waals surface area contributed by atoms with E-state index < -0.39 is 28.4 Å². The Labute approximate surface area is 115 Å². The van der Waals surface area contributed by atoms with E-state index in [0.717, 1.165) is 12.1 Å². The van der Waals surface area contributed by atoms with Crippen molar-refractivity contribution in [2.24, 2.45) is 0 Å². The van der Waals surface area contributed by atoms with Crippen LogP contribution in [0.5, 0.6) is 0 Å². The predicted octanol–water partition coefficient (Wildman–Crippen LogP) is 4.15. The maximum atomic E-state index is 13.4. The highest BCUT2D eigenvalue weighted by atomic mass is 32.2. The second-order valence-corrected chi connectivity index (χ2v) is 5.53. The van der Waals surface area contributed by atoms with Crippen LogP contribution in [0.1, 0.15) is 11.1 Å². The first-order valence-electron chi connectivity index (χ1n) is 5.67. The molecule has 0 fully saturated rings. The van der Waals surface area contributed by atoms with E-state index >= 15 is 0 Å². The Bertz CT molecular complexity index is 620. The summed E-state index contributed by atoms with van der Waals surface area (Å²) in [4.78, 5) is 0.0485. The van der Waals surface area contributed by atoms with E-state index in [2.05, 4.69) is 0 Å². The van der Waals surface area contributed by atoms with Crippen LogP contribution in [0.2, 0.25) is 0 Å². The number of rotatable bonds is 3. The Hall–Kier alpha value is -1.69. The number of hydrogen-bond acceptors (Lipinski definition) is 1. The summed E-state index contributed by atoms with van der Waals surface area (Å²) in [5.41, 5.74) is -0.308. The van der Waals surface area contributed by atoms with Crippen molar-refractivity contribution < 1.29 is 21.8 Å². The van der Waals surface area contributed by atoms with Crippen LogP contribution in [-0.2, 0) is 22.7 Å². The van der Waals surface area contributed by atoms with Crippen molar-refractivity contribution in [3.8, 4) is 0 Å². The minimum Gasteiger partial charge on any atom is -0.254 e. The summed E-state index contributed by atoms with van der Waals surface area (Å²) in [6, 6.07) is 9.98. The summed E-state index contributed by atoms with van der Waals surface area (Å²) in [6.07, 6.45) is -4.40. The minimum atomic E-state index is -4.40. The zero-order valence-corrected chi connectivity index (χ0v) is 11.0. The molecule has 0 radical (unpaired) electrons. The van der Waals surface area contributed by atoms with Crippen molar-refractivity contribution in [3.63, 3.8) is 0 Å². The number of benzene rings is 2. The molecule has 0 saturated carbocycles. The molecule has 20 heavy (non-hydrogen) atoms. The molecule has 0 aliphatic heterocycles. The van der Waals surface area contributed by atoms with Crippen LogP contribution in [0.15, 0.2) is 53.4 Å². The Morgan fingerprint density at radius 1 is 0.950 bits per heavy atom. The van der Waals surface area contributed by atoms with Gasteiger partial charge in [-0.3, -0.25) is 4.21 Å². The molecule has 2 rings (SSSR count). The highest BCUT2D eigenvalue weighted by Crippen LogP contribution is 2.29. The van der Waals surface area contributed by atoms with Crippen LogP contribution in [0, 0.1) is 5.82 Å². The van der Waals surface area contributed by atoms with Crippen molar-refractivity contribution in [1.82, 2.24) is 0 Å². The van der Waals surface area contributed by atoms with Crippen molar-refractivity contribution >= 4 is 10.8 Å². The van der Waals surface area contributed by atoms with Gasteiger partial charge in [0, 0.05) is 0 Å². The summed E-state index contributed by atoms with van der Waals surface area (Å²) in [6.45, 7) is 0. The molecule has 0 amide bonds. The molecule has 1 atom stereocenters. The summed E-state index contributed by atoms with van der Waals surface area (Å²) in [5, 5.41) is 0. The summed E-state index contributed by atoms with van der Waals surface area (Å²) >= 11 is 0. The molecule has 0 aromatic heterocycles. The highest BCUT2D eigenvalue weighted by molar-refractivity contribution is 7.84. The molecular weight excluding hydrogens is 292 g/mol. The zero-order valence-electron chi connectivity index (χ0n) is 10.2. The van der Waals surface area contributed by atoms with E-state index in [4.69, 9.17) is 0 Å². The van der Waals surface area contributed by atoms with E-state index in [1.54, 1.807) is 6.07 Å². The number of hydrogen-bond donors (Lipinski definition) is 0. The van der Waals surface area contributed by atoms with Crippen molar-refractivity contribution in [3.05, 3.63) is 65.5 Å². The van der Waals surface area contributed by atoms with Gasteiger partial charge < -0.3 is 0 Å². The van der Waals surface area contributed by atoms with Gasteiger partial charge in [0.1, 0.15) is 5.82 Å². The molecule has 2 aromatic rings. The van der Waals surface area contributed by atoms with Crippen LogP contribution in [0.4, 0.5) is 17.6 Å². The lowest BCUT2D eigenvalue weighted by molar-refractivity contribution is -0.137. The molecule has 2 aromatic carbocycles. The minimum absolute atomic E-state index is 0.0287. The van der Waals surface area contributed by atoms with E-state index in [1.165, 1.54) is 30.3 Å². The van der Waals surface area contributed by atoms with Crippen LogP contribution in [-0.4, -0.2) is 4.21 Å². The third-order valence-electron chi connectivity index (χ3n) is 2.66. The maximum absolute atomic E-state index is 13.4. The molecule has 0 aliphatic rings. The van der Waals surface area contributed by atoms with Crippen molar-refractivity contribution in [1.29, 1.82) is 0 Å². The van der Waals surface area contributed by atoms with Gasteiger partial charge in [-0.05, 0) is 29.8 Å². The Kier molecular flexibility index (Phi) is 4.23. The normalized spacial score (nSPS) is 13.2. The van der Waals surface area contributed by atoms with Crippen LogP contribution < -0.4 is 0 Å². The van der Waals surface area contributed by atoms with Crippen molar-refractivity contribution in [2.75, 3.05) is 0 Å². The Morgan fingerprint density at radius 2 is 1.55 bits per heavy atom. The monoisotopic (exact) mass is 302 g/mol. The smallest absolute Gasteiger partial charge is 0.254 e. The first-order chi connectivity index (χ1) is 9.38. The lowest BCUT2D eigenvalue weighted by Crippen LogP contribution is -2.05.